The zero-order chi connectivity index (χ0) is 14.1. The van der Waals surface area contributed by atoms with Crippen LogP contribution in [-0.4, -0.2) is 23.9 Å². The first-order chi connectivity index (χ1) is 9.15. The van der Waals surface area contributed by atoms with Gasteiger partial charge in [0, 0.05) is 37.7 Å². The molecule has 6 heteroatoms. The Hall–Kier alpha value is -1.95. The van der Waals surface area contributed by atoms with Gasteiger partial charge in [-0.15, -0.1) is 0 Å². The summed E-state index contributed by atoms with van der Waals surface area (Å²) in [7, 11) is 0. The zero-order valence-corrected chi connectivity index (χ0v) is 11.0. The molecule has 0 saturated heterocycles. The maximum atomic E-state index is 11.3. The molecular weight excluding hydrogens is 246 g/mol. The zero-order valence-electron chi connectivity index (χ0n) is 11.0. The smallest absolute Gasteiger partial charge is 0.273 e. The number of carbonyl (C=O) groups is 1. The molecule has 0 saturated carbocycles. The van der Waals surface area contributed by atoms with Crippen LogP contribution in [0.1, 0.15) is 25.3 Å². The van der Waals surface area contributed by atoms with E-state index in [0.29, 0.717) is 31.6 Å². The first-order valence-corrected chi connectivity index (χ1v) is 6.35. The van der Waals surface area contributed by atoms with Crippen LogP contribution in [0.25, 0.3) is 0 Å². The van der Waals surface area contributed by atoms with Crippen molar-refractivity contribution in [2.75, 3.05) is 13.1 Å². The summed E-state index contributed by atoms with van der Waals surface area (Å²) in [5.74, 6) is -0.00286. The van der Waals surface area contributed by atoms with Crippen LogP contribution in [0.2, 0.25) is 0 Å². The molecule has 104 valence electrons. The van der Waals surface area contributed by atoms with Gasteiger partial charge in [0.1, 0.15) is 0 Å². The van der Waals surface area contributed by atoms with Crippen LogP contribution >= 0.6 is 0 Å². The molecule has 0 atom stereocenters. The van der Waals surface area contributed by atoms with E-state index in [4.69, 9.17) is 0 Å². The predicted molar refractivity (Wildman–Crippen MR) is 72.7 cm³/mol. The Morgan fingerprint density at radius 3 is 2.74 bits per heavy atom. The lowest BCUT2D eigenvalue weighted by Crippen LogP contribution is -2.28. The molecule has 0 aliphatic carbocycles. The third kappa shape index (κ3) is 5.48. The maximum absolute atomic E-state index is 11.3. The predicted octanol–water partition coefficient (Wildman–Crippen LogP) is 1.60. The number of para-hydroxylation sites is 1. The Balaban J connectivity index is 2.33. The number of nitrogens with zero attached hydrogens (tertiary/aromatic N) is 1. The van der Waals surface area contributed by atoms with Gasteiger partial charge in [-0.3, -0.25) is 14.9 Å². The summed E-state index contributed by atoms with van der Waals surface area (Å²) in [6, 6.07) is 6.59. The Morgan fingerprint density at radius 1 is 1.32 bits per heavy atom. The largest absolute Gasteiger partial charge is 0.356 e. The van der Waals surface area contributed by atoms with Gasteiger partial charge in [-0.1, -0.05) is 25.1 Å². The van der Waals surface area contributed by atoms with Crippen molar-refractivity contribution in [1.29, 1.82) is 0 Å². The number of nitrogens with one attached hydrogen (secondary N) is 2. The second-order valence-corrected chi connectivity index (χ2v) is 4.16. The number of hydrogen-bond acceptors (Lipinski definition) is 4. The molecular formula is C13H19N3O3. The average molecular weight is 265 g/mol. The molecule has 0 spiro atoms. The lowest BCUT2D eigenvalue weighted by Gasteiger charge is -2.06. The Kier molecular flexibility index (Phi) is 6.52. The van der Waals surface area contributed by atoms with Gasteiger partial charge in [0.15, 0.2) is 0 Å². The monoisotopic (exact) mass is 265 g/mol. The first kappa shape index (κ1) is 15.1. The van der Waals surface area contributed by atoms with Gasteiger partial charge >= 0.3 is 0 Å². The van der Waals surface area contributed by atoms with Crippen molar-refractivity contribution in [3.05, 3.63) is 39.9 Å². The number of amides is 1. The Morgan fingerprint density at radius 2 is 2.05 bits per heavy atom. The molecule has 0 aliphatic rings. The molecule has 0 fully saturated rings. The average Bonchev–Trinajstić information content (AvgIpc) is 2.41. The summed E-state index contributed by atoms with van der Waals surface area (Å²) in [5, 5.41) is 16.6. The molecule has 6 nitrogen and oxygen atoms in total. The third-order valence-corrected chi connectivity index (χ3v) is 2.60. The fraction of sp³-hybridized carbons (Fsp3) is 0.462. The van der Waals surface area contributed by atoms with E-state index < -0.39 is 4.92 Å². The summed E-state index contributed by atoms with van der Waals surface area (Å²) < 4.78 is 0. The van der Waals surface area contributed by atoms with Gasteiger partial charge in [0.2, 0.25) is 5.91 Å². The first-order valence-electron chi connectivity index (χ1n) is 6.35. The number of benzene rings is 1. The summed E-state index contributed by atoms with van der Waals surface area (Å²) in [6.45, 7) is 3.57. The van der Waals surface area contributed by atoms with E-state index in [2.05, 4.69) is 10.6 Å². The number of nitro benzene ring substituents is 1. The molecule has 0 bridgehead atoms. The van der Waals surface area contributed by atoms with Crippen LogP contribution in [-0.2, 0) is 11.3 Å². The van der Waals surface area contributed by atoms with Crippen molar-refractivity contribution in [3.63, 3.8) is 0 Å². The minimum atomic E-state index is -0.398. The van der Waals surface area contributed by atoms with Crippen LogP contribution < -0.4 is 10.6 Å². The minimum absolute atomic E-state index is 0.00286. The molecule has 1 amide bonds. The van der Waals surface area contributed by atoms with E-state index in [1.54, 1.807) is 18.2 Å². The normalized spacial score (nSPS) is 10.2. The van der Waals surface area contributed by atoms with Crippen LogP contribution in [0.3, 0.4) is 0 Å². The highest BCUT2D eigenvalue weighted by atomic mass is 16.6. The van der Waals surface area contributed by atoms with Crippen LogP contribution in [0.15, 0.2) is 24.3 Å². The topological polar surface area (TPSA) is 84.3 Å². The number of hydrogen-bond donors (Lipinski definition) is 2. The van der Waals surface area contributed by atoms with E-state index in [0.717, 1.165) is 6.42 Å². The number of carbonyl (C=O) groups excluding carboxylic acids is 1. The lowest BCUT2D eigenvalue weighted by molar-refractivity contribution is -0.385. The fourth-order valence-corrected chi connectivity index (χ4v) is 1.62. The molecule has 0 unspecified atom stereocenters. The van der Waals surface area contributed by atoms with Gasteiger partial charge in [0.25, 0.3) is 5.69 Å². The summed E-state index contributed by atoms with van der Waals surface area (Å²) in [6.07, 6.45) is 1.29. The van der Waals surface area contributed by atoms with Gasteiger partial charge in [0.05, 0.1) is 4.92 Å². The molecule has 1 aromatic rings. The van der Waals surface area contributed by atoms with Gasteiger partial charge < -0.3 is 10.6 Å². The molecule has 0 heterocycles. The van der Waals surface area contributed by atoms with Crippen molar-refractivity contribution in [2.45, 2.75) is 26.3 Å². The highest BCUT2D eigenvalue weighted by Gasteiger charge is 2.11. The van der Waals surface area contributed by atoms with Crippen LogP contribution in [0.4, 0.5) is 5.69 Å². The third-order valence-electron chi connectivity index (χ3n) is 2.60. The standard InChI is InChI=1S/C13H19N3O3/c1-2-8-15-13(17)7-9-14-10-11-5-3-4-6-12(11)16(18)19/h3-6,14H,2,7-10H2,1H3,(H,15,17). The van der Waals surface area contributed by atoms with Crippen molar-refractivity contribution in [1.82, 2.24) is 10.6 Å². The number of nitro groups is 1. The molecule has 0 aliphatic heterocycles. The quantitative estimate of drug-likeness (QED) is 0.425. The Bertz CT molecular complexity index is 435. The van der Waals surface area contributed by atoms with E-state index in [9.17, 15) is 14.9 Å². The van der Waals surface area contributed by atoms with Gasteiger partial charge in [-0.25, -0.2) is 0 Å². The highest BCUT2D eigenvalue weighted by Crippen LogP contribution is 2.16. The Labute approximate surface area is 112 Å². The van der Waals surface area contributed by atoms with Gasteiger partial charge in [-0.2, -0.15) is 0 Å². The van der Waals surface area contributed by atoms with E-state index >= 15 is 0 Å². The summed E-state index contributed by atoms with van der Waals surface area (Å²) in [4.78, 5) is 21.7. The molecule has 19 heavy (non-hydrogen) atoms. The van der Waals surface area contributed by atoms with Crippen molar-refractivity contribution in [2.24, 2.45) is 0 Å². The van der Waals surface area contributed by atoms with Gasteiger partial charge in [-0.05, 0) is 6.42 Å². The second kappa shape index (κ2) is 8.20. The van der Waals surface area contributed by atoms with E-state index in [-0.39, 0.29) is 11.6 Å². The second-order valence-electron chi connectivity index (χ2n) is 4.16. The SMILES string of the molecule is CCCNC(=O)CCNCc1ccccc1[N+](=O)[O-]. The minimum Gasteiger partial charge on any atom is -0.356 e. The molecule has 0 aromatic heterocycles. The highest BCUT2D eigenvalue weighted by molar-refractivity contribution is 5.75. The van der Waals surface area contributed by atoms with Crippen molar-refractivity contribution < 1.29 is 9.72 Å². The number of rotatable bonds is 8. The van der Waals surface area contributed by atoms with Crippen molar-refractivity contribution in [3.8, 4) is 0 Å². The fourth-order valence-electron chi connectivity index (χ4n) is 1.62. The molecule has 1 rings (SSSR count). The summed E-state index contributed by atoms with van der Waals surface area (Å²) >= 11 is 0. The van der Waals surface area contributed by atoms with E-state index in [1.165, 1.54) is 6.07 Å². The van der Waals surface area contributed by atoms with E-state index in [1.807, 2.05) is 6.92 Å². The van der Waals surface area contributed by atoms with Crippen LogP contribution in [0.5, 0.6) is 0 Å². The van der Waals surface area contributed by atoms with Crippen molar-refractivity contribution >= 4 is 11.6 Å². The maximum Gasteiger partial charge on any atom is 0.273 e. The lowest BCUT2D eigenvalue weighted by atomic mass is 10.2. The molecule has 0 radical (unpaired) electrons. The molecule has 2 N–H and O–H groups in total. The molecule has 1 aromatic carbocycles. The van der Waals surface area contributed by atoms with Crippen LogP contribution in [0, 0.1) is 10.1 Å². The summed E-state index contributed by atoms with van der Waals surface area (Å²) in [5.41, 5.74) is 0.729.